The van der Waals surface area contributed by atoms with Crippen LogP contribution in [0.4, 0.5) is 0 Å². The molecule has 0 unspecified atom stereocenters. The lowest BCUT2D eigenvalue weighted by Crippen LogP contribution is -2.58. The predicted molar refractivity (Wildman–Crippen MR) is 149 cm³/mol. The first kappa shape index (κ1) is 29.7. The number of ether oxygens (including phenoxy) is 4. The normalized spacial score (nSPS) is 49.6. The lowest BCUT2D eigenvalue weighted by molar-refractivity contribution is -0.335. The number of hydrogen-bond donors (Lipinski definition) is 3. The van der Waals surface area contributed by atoms with Crippen LogP contribution < -0.4 is 0 Å². The smallest absolute Gasteiger partial charge is 0.316 e. The van der Waals surface area contributed by atoms with E-state index in [1.165, 1.54) is 0 Å². The minimum atomic E-state index is -1.75. The number of carbonyl (C=O) groups excluding carboxylic acids is 1. The Morgan fingerprint density at radius 1 is 1.07 bits per heavy atom. The fourth-order valence-corrected chi connectivity index (χ4v) is 7.18. The van der Waals surface area contributed by atoms with E-state index in [-0.39, 0.29) is 24.7 Å². The standard InChI is InChI=1S/C32H46O8/c1-6-26-18(2)12-13-31(40-26)16-24-15-23(39-31)11-10-20(4)27(33)19(3)8-7-9-22-17-37-29-28(34)21(5)14-25(30(35)38-24)32(22,29)36/h7-10,14,18-19,23-29,33-34,36H,6,11-13,15-17H2,1-5H3/b8-7+,20-10+,22-9+/t18-,19-,23+,24-,25-,26+,27-,28+,29+,31+,32+/m0/s1. The largest absolute Gasteiger partial charge is 0.462 e. The first-order valence-electron chi connectivity index (χ1n) is 15.0. The monoisotopic (exact) mass is 558 g/mol. The van der Waals surface area contributed by atoms with Gasteiger partial charge in [0.25, 0.3) is 0 Å². The third-order valence-corrected chi connectivity index (χ3v) is 9.77. The summed E-state index contributed by atoms with van der Waals surface area (Å²) in [7, 11) is 0. The van der Waals surface area contributed by atoms with Crippen molar-refractivity contribution in [3.05, 3.63) is 47.1 Å². The second-order valence-electron chi connectivity index (χ2n) is 12.7. The molecule has 0 aromatic carbocycles. The molecule has 1 spiro atoms. The third kappa shape index (κ3) is 5.39. The van der Waals surface area contributed by atoms with Crippen molar-refractivity contribution in [2.24, 2.45) is 17.8 Å². The van der Waals surface area contributed by atoms with E-state index in [2.05, 4.69) is 13.8 Å². The van der Waals surface area contributed by atoms with Gasteiger partial charge in [-0.1, -0.05) is 51.2 Å². The molecule has 8 nitrogen and oxygen atoms in total. The Bertz CT molecular complexity index is 1090. The van der Waals surface area contributed by atoms with Crippen molar-refractivity contribution < 1.29 is 39.1 Å². The van der Waals surface area contributed by atoms with E-state index in [9.17, 15) is 20.1 Å². The Hall–Kier alpha value is -1.81. The highest BCUT2D eigenvalue weighted by Gasteiger charge is 2.60. The zero-order chi connectivity index (χ0) is 28.8. The quantitative estimate of drug-likeness (QED) is 0.328. The van der Waals surface area contributed by atoms with E-state index < -0.39 is 47.7 Å². The number of fused-ring (bicyclic) bond motifs is 2. The van der Waals surface area contributed by atoms with Crippen LogP contribution in [0.2, 0.25) is 0 Å². The first-order chi connectivity index (χ1) is 19.0. The highest BCUT2D eigenvalue weighted by molar-refractivity contribution is 5.78. The fourth-order valence-electron chi connectivity index (χ4n) is 7.18. The maximum atomic E-state index is 13.9. The number of esters is 1. The van der Waals surface area contributed by atoms with E-state index in [1.54, 1.807) is 25.2 Å². The van der Waals surface area contributed by atoms with E-state index in [4.69, 9.17) is 18.9 Å². The van der Waals surface area contributed by atoms with Crippen molar-refractivity contribution in [2.45, 2.75) is 121 Å². The van der Waals surface area contributed by atoms with Crippen molar-refractivity contribution in [2.75, 3.05) is 6.61 Å². The SMILES string of the molecule is CC[C@H]1O[C@]2(CC[C@@H]1C)C[C@@H]1C[C@@H](C/C=C(\C)[C@@H](O)[C@@H](C)/C=C/C=C3\CO[C@@H]4[C@H](O)C(C)=C[C@@H](C(=O)O1)[C@]34O)O2. The summed E-state index contributed by atoms with van der Waals surface area (Å²) in [5, 5.41) is 33.9. The summed E-state index contributed by atoms with van der Waals surface area (Å²) >= 11 is 0. The molecule has 1 aliphatic carbocycles. The molecule has 5 aliphatic rings. The molecule has 2 bridgehead atoms. The van der Waals surface area contributed by atoms with Gasteiger partial charge in [0, 0.05) is 25.2 Å². The molecule has 3 fully saturated rings. The Balaban J connectivity index is 1.53. The van der Waals surface area contributed by atoms with Crippen molar-refractivity contribution in [1.29, 1.82) is 0 Å². The van der Waals surface area contributed by atoms with Gasteiger partial charge in [0.15, 0.2) is 5.79 Å². The molecular formula is C32H46O8. The third-order valence-electron chi connectivity index (χ3n) is 9.77. The van der Waals surface area contributed by atoms with Crippen LogP contribution in [-0.2, 0) is 23.7 Å². The van der Waals surface area contributed by atoms with Gasteiger partial charge in [0.2, 0.25) is 0 Å². The molecule has 11 atom stereocenters. The van der Waals surface area contributed by atoms with Crippen molar-refractivity contribution in [3.8, 4) is 0 Å². The molecule has 4 heterocycles. The summed E-state index contributed by atoms with van der Waals surface area (Å²) in [5.74, 6) is -2.20. The van der Waals surface area contributed by atoms with Gasteiger partial charge >= 0.3 is 5.97 Å². The Kier molecular flexibility index (Phi) is 8.50. The molecule has 4 aliphatic heterocycles. The van der Waals surface area contributed by atoms with Gasteiger partial charge in [-0.2, -0.15) is 0 Å². The Labute approximate surface area is 237 Å². The minimum Gasteiger partial charge on any atom is -0.462 e. The predicted octanol–water partition coefficient (Wildman–Crippen LogP) is 3.90. The molecule has 0 radical (unpaired) electrons. The Morgan fingerprint density at radius 3 is 2.60 bits per heavy atom. The van der Waals surface area contributed by atoms with E-state index >= 15 is 0 Å². The second-order valence-corrected chi connectivity index (χ2v) is 12.7. The zero-order valence-electron chi connectivity index (χ0n) is 24.4. The van der Waals surface area contributed by atoms with Crippen molar-refractivity contribution in [3.63, 3.8) is 0 Å². The summed E-state index contributed by atoms with van der Waals surface area (Å²) < 4.78 is 25.3. The first-order valence-corrected chi connectivity index (χ1v) is 15.0. The van der Waals surface area contributed by atoms with Crippen LogP contribution in [-0.4, -0.2) is 75.9 Å². The molecule has 5 rings (SSSR count). The van der Waals surface area contributed by atoms with Crippen LogP contribution in [0.1, 0.15) is 73.1 Å². The summed E-state index contributed by atoms with van der Waals surface area (Å²) in [6.07, 6.45) is 9.65. The number of aliphatic hydroxyl groups excluding tert-OH is 2. The molecule has 3 N–H and O–H groups in total. The molecule has 8 heteroatoms. The number of rotatable bonds is 1. The molecule has 222 valence electrons. The van der Waals surface area contributed by atoms with Crippen LogP contribution in [0.25, 0.3) is 0 Å². The molecule has 0 aromatic heterocycles. The maximum absolute atomic E-state index is 13.9. The number of aliphatic hydroxyl groups is 3. The van der Waals surface area contributed by atoms with Crippen LogP contribution in [0.5, 0.6) is 0 Å². The molecular weight excluding hydrogens is 512 g/mol. The lowest BCUT2D eigenvalue weighted by Gasteiger charge is -2.50. The zero-order valence-corrected chi connectivity index (χ0v) is 24.4. The van der Waals surface area contributed by atoms with Crippen LogP contribution in [0.15, 0.2) is 47.1 Å². The van der Waals surface area contributed by atoms with Gasteiger partial charge in [-0.3, -0.25) is 4.79 Å². The lowest BCUT2D eigenvalue weighted by atomic mass is 9.71. The molecule has 3 saturated heterocycles. The highest BCUT2D eigenvalue weighted by Crippen LogP contribution is 2.47. The molecule has 40 heavy (non-hydrogen) atoms. The number of carbonyl (C=O) groups is 1. The Morgan fingerprint density at radius 2 is 1.85 bits per heavy atom. The highest BCUT2D eigenvalue weighted by atomic mass is 16.7. The summed E-state index contributed by atoms with van der Waals surface area (Å²) in [6, 6.07) is 0. The average molecular weight is 559 g/mol. The summed E-state index contributed by atoms with van der Waals surface area (Å²) in [4.78, 5) is 13.9. The van der Waals surface area contributed by atoms with Crippen LogP contribution >= 0.6 is 0 Å². The second kappa shape index (κ2) is 11.5. The van der Waals surface area contributed by atoms with E-state index in [0.29, 0.717) is 42.7 Å². The van der Waals surface area contributed by atoms with Gasteiger partial charge < -0.3 is 34.3 Å². The average Bonchev–Trinajstić information content (AvgIpc) is 3.26. The van der Waals surface area contributed by atoms with Crippen molar-refractivity contribution in [1.82, 2.24) is 0 Å². The van der Waals surface area contributed by atoms with Crippen LogP contribution in [0, 0.1) is 17.8 Å². The molecule has 0 amide bonds. The molecule has 0 saturated carbocycles. The van der Waals surface area contributed by atoms with E-state index in [0.717, 1.165) is 18.4 Å². The fraction of sp³-hybridized carbons (Fsp3) is 0.719. The van der Waals surface area contributed by atoms with Gasteiger partial charge in [-0.05, 0) is 55.7 Å². The van der Waals surface area contributed by atoms with Gasteiger partial charge in [-0.25, -0.2) is 0 Å². The summed E-state index contributed by atoms with van der Waals surface area (Å²) in [5.41, 5.74) is 0.159. The van der Waals surface area contributed by atoms with Crippen LogP contribution in [0.3, 0.4) is 0 Å². The van der Waals surface area contributed by atoms with E-state index in [1.807, 2.05) is 26.0 Å². The van der Waals surface area contributed by atoms with Gasteiger partial charge in [0.1, 0.15) is 29.8 Å². The molecule has 0 aromatic rings. The number of hydrogen-bond acceptors (Lipinski definition) is 8. The van der Waals surface area contributed by atoms with Gasteiger partial charge in [-0.15, -0.1) is 0 Å². The minimum absolute atomic E-state index is 0.0589. The number of allylic oxidation sites excluding steroid dienone is 2. The topological polar surface area (TPSA) is 115 Å². The van der Waals surface area contributed by atoms with Gasteiger partial charge in [0.05, 0.1) is 24.9 Å². The summed E-state index contributed by atoms with van der Waals surface area (Å²) in [6.45, 7) is 9.98. The maximum Gasteiger partial charge on any atom is 0.316 e. The van der Waals surface area contributed by atoms with Crippen molar-refractivity contribution >= 4 is 5.97 Å².